The van der Waals surface area contributed by atoms with Gasteiger partial charge in [0.15, 0.2) is 0 Å². The van der Waals surface area contributed by atoms with Crippen LogP contribution >= 0.6 is 0 Å². The van der Waals surface area contributed by atoms with E-state index in [0.717, 1.165) is 25.3 Å². The van der Waals surface area contributed by atoms with Crippen molar-refractivity contribution < 1.29 is 0 Å². The number of nitrogens with one attached hydrogen (secondary N) is 1. The topological polar surface area (TPSA) is 41.3 Å². The first-order valence-electron chi connectivity index (χ1n) is 6.09. The van der Waals surface area contributed by atoms with Gasteiger partial charge in [0.1, 0.15) is 0 Å². The normalized spacial score (nSPS) is 12.1. The van der Waals surface area contributed by atoms with Gasteiger partial charge in [-0.15, -0.1) is 0 Å². The van der Waals surface area contributed by atoms with Gasteiger partial charge in [0.05, 0.1) is 0 Å². The summed E-state index contributed by atoms with van der Waals surface area (Å²) < 4.78 is 0. The molecule has 3 N–H and O–H groups in total. The summed E-state index contributed by atoms with van der Waals surface area (Å²) in [7, 11) is 4.22. The van der Waals surface area contributed by atoms with Crippen LogP contribution in [0.2, 0.25) is 0 Å². The minimum absolute atomic E-state index is 0.271. The van der Waals surface area contributed by atoms with Crippen molar-refractivity contribution in [2.24, 2.45) is 5.41 Å². The maximum absolute atomic E-state index is 5.90. The molecule has 0 aliphatic carbocycles. The first-order chi connectivity index (χ1) is 7.91. The molecule has 0 heterocycles. The fourth-order valence-corrected chi connectivity index (χ4v) is 2.14. The van der Waals surface area contributed by atoms with E-state index in [4.69, 9.17) is 5.73 Å². The summed E-state index contributed by atoms with van der Waals surface area (Å²) in [5, 5.41) is 3.48. The van der Waals surface area contributed by atoms with Gasteiger partial charge >= 0.3 is 0 Å². The van der Waals surface area contributed by atoms with Gasteiger partial charge < -0.3 is 16.0 Å². The van der Waals surface area contributed by atoms with Crippen LogP contribution in [0.5, 0.6) is 0 Å². The summed E-state index contributed by atoms with van der Waals surface area (Å²) in [5.74, 6) is 0. The van der Waals surface area contributed by atoms with Crippen LogP contribution in [0.3, 0.4) is 0 Å². The quantitative estimate of drug-likeness (QED) is 0.741. The molecule has 1 aromatic carbocycles. The zero-order valence-electron chi connectivity index (χ0n) is 11.5. The molecule has 0 atom stereocenters. The van der Waals surface area contributed by atoms with Gasteiger partial charge in [-0.25, -0.2) is 0 Å². The maximum Gasteiger partial charge on any atom is 0.0359 e. The standard InChI is InChI=1S/C14H25N3/c1-14(2,11-17(3)4)10-16-9-12-7-5-6-8-13(12)15/h5-8,16H,9-11,15H2,1-4H3. The van der Waals surface area contributed by atoms with E-state index < -0.39 is 0 Å². The predicted octanol–water partition coefficient (Wildman–Crippen LogP) is 1.95. The van der Waals surface area contributed by atoms with Crippen LogP contribution in [-0.2, 0) is 6.54 Å². The summed E-state index contributed by atoms with van der Waals surface area (Å²) in [6, 6.07) is 8.01. The molecule has 1 rings (SSSR count). The van der Waals surface area contributed by atoms with Crippen LogP contribution in [0, 0.1) is 5.41 Å². The van der Waals surface area contributed by atoms with Crippen molar-refractivity contribution in [2.75, 3.05) is 32.9 Å². The molecule has 0 aliphatic heterocycles. The van der Waals surface area contributed by atoms with E-state index in [1.807, 2.05) is 18.2 Å². The van der Waals surface area contributed by atoms with E-state index in [1.54, 1.807) is 0 Å². The first-order valence-corrected chi connectivity index (χ1v) is 6.09. The number of nitrogens with two attached hydrogens (primary N) is 1. The third kappa shape index (κ3) is 5.20. The Labute approximate surface area is 105 Å². The third-order valence-corrected chi connectivity index (χ3v) is 2.72. The molecular formula is C14H25N3. The molecule has 96 valence electrons. The lowest BCUT2D eigenvalue weighted by molar-refractivity contribution is 0.232. The molecule has 0 saturated carbocycles. The second kappa shape index (κ2) is 6.03. The molecule has 0 saturated heterocycles. The SMILES string of the molecule is CN(C)CC(C)(C)CNCc1ccccc1N. The largest absolute Gasteiger partial charge is 0.398 e. The lowest BCUT2D eigenvalue weighted by Gasteiger charge is -2.28. The predicted molar refractivity (Wildman–Crippen MR) is 74.9 cm³/mol. The van der Waals surface area contributed by atoms with Crippen LogP contribution in [-0.4, -0.2) is 32.1 Å². The lowest BCUT2D eigenvalue weighted by Crippen LogP contribution is -2.37. The number of benzene rings is 1. The van der Waals surface area contributed by atoms with Crippen molar-refractivity contribution in [3.8, 4) is 0 Å². The minimum atomic E-state index is 0.271. The van der Waals surface area contributed by atoms with Gasteiger partial charge in [-0.2, -0.15) is 0 Å². The molecule has 0 spiro atoms. The van der Waals surface area contributed by atoms with Crippen molar-refractivity contribution in [1.29, 1.82) is 0 Å². The van der Waals surface area contributed by atoms with Crippen LogP contribution in [0.1, 0.15) is 19.4 Å². The van der Waals surface area contributed by atoms with Gasteiger partial charge in [0.2, 0.25) is 0 Å². The number of nitrogen functional groups attached to an aromatic ring is 1. The number of hydrogen-bond acceptors (Lipinski definition) is 3. The third-order valence-electron chi connectivity index (χ3n) is 2.72. The van der Waals surface area contributed by atoms with E-state index in [2.05, 4.69) is 44.2 Å². The molecule has 0 radical (unpaired) electrons. The lowest BCUT2D eigenvalue weighted by atomic mass is 9.93. The number of anilines is 1. The Bertz CT molecular complexity index is 345. The zero-order chi connectivity index (χ0) is 12.9. The highest BCUT2D eigenvalue weighted by Crippen LogP contribution is 2.15. The van der Waals surface area contributed by atoms with Crippen molar-refractivity contribution >= 4 is 5.69 Å². The van der Waals surface area contributed by atoms with Crippen LogP contribution in [0.15, 0.2) is 24.3 Å². The Hall–Kier alpha value is -1.06. The van der Waals surface area contributed by atoms with Crippen molar-refractivity contribution in [1.82, 2.24) is 10.2 Å². The zero-order valence-corrected chi connectivity index (χ0v) is 11.5. The van der Waals surface area contributed by atoms with E-state index in [-0.39, 0.29) is 5.41 Å². The number of para-hydroxylation sites is 1. The van der Waals surface area contributed by atoms with E-state index in [0.29, 0.717) is 0 Å². The second-order valence-corrected chi connectivity index (χ2v) is 5.70. The summed E-state index contributed by atoms with van der Waals surface area (Å²) in [5.41, 5.74) is 8.21. The van der Waals surface area contributed by atoms with Gasteiger partial charge in [0, 0.05) is 25.3 Å². The monoisotopic (exact) mass is 235 g/mol. The maximum atomic E-state index is 5.90. The van der Waals surface area contributed by atoms with Crippen molar-refractivity contribution in [3.63, 3.8) is 0 Å². The molecule has 3 nitrogen and oxygen atoms in total. The van der Waals surface area contributed by atoms with E-state index in [9.17, 15) is 0 Å². The Kier molecular flexibility index (Phi) is 4.97. The van der Waals surface area contributed by atoms with Gasteiger partial charge in [-0.05, 0) is 31.1 Å². The summed E-state index contributed by atoms with van der Waals surface area (Å²) in [4.78, 5) is 2.22. The Balaban J connectivity index is 2.40. The average Bonchev–Trinajstić information content (AvgIpc) is 2.18. The molecule has 0 unspecified atom stereocenters. The molecule has 0 bridgehead atoms. The molecular weight excluding hydrogens is 210 g/mol. The molecule has 0 aliphatic rings. The smallest absolute Gasteiger partial charge is 0.0359 e. The van der Waals surface area contributed by atoms with E-state index >= 15 is 0 Å². The highest BCUT2D eigenvalue weighted by atomic mass is 15.1. The Morgan fingerprint density at radius 2 is 1.88 bits per heavy atom. The van der Waals surface area contributed by atoms with Crippen LogP contribution < -0.4 is 11.1 Å². The first kappa shape index (κ1) is 14.0. The van der Waals surface area contributed by atoms with Gasteiger partial charge in [-0.1, -0.05) is 32.0 Å². The molecule has 0 amide bonds. The fraction of sp³-hybridized carbons (Fsp3) is 0.571. The molecule has 1 aromatic rings. The summed E-state index contributed by atoms with van der Waals surface area (Å²) in [6.07, 6.45) is 0. The average molecular weight is 235 g/mol. The van der Waals surface area contributed by atoms with Crippen molar-refractivity contribution in [2.45, 2.75) is 20.4 Å². The molecule has 17 heavy (non-hydrogen) atoms. The highest BCUT2D eigenvalue weighted by Gasteiger charge is 2.18. The van der Waals surface area contributed by atoms with Crippen LogP contribution in [0.25, 0.3) is 0 Å². The Morgan fingerprint density at radius 3 is 2.47 bits per heavy atom. The molecule has 0 fully saturated rings. The Morgan fingerprint density at radius 1 is 1.24 bits per heavy atom. The highest BCUT2D eigenvalue weighted by molar-refractivity contribution is 5.46. The summed E-state index contributed by atoms with van der Waals surface area (Å²) in [6.45, 7) is 7.44. The number of hydrogen-bond donors (Lipinski definition) is 2. The fourth-order valence-electron chi connectivity index (χ4n) is 2.14. The number of rotatable bonds is 6. The minimum Gasteiger partial charge on any atom is -0.398 e. The van der Waals surface area contributed by atoms with Gasteiger partial charge in [-0.3, -0.25) is 0 Å². The summed E-state index contributed by atoms with van der Waals surface area (Å²) >= 11 is 0. The molecule has 0 aromatic heterocycles. The van der Waals surface area contributed by atoms with Crippen molar-refractivity contribution in [3.05, 3.63) is 29.8 Å². The second-order valence-electron chi connectivity index (χ2n) is 5.70. The van der Waals surface area contributed by atoms with Gasteiger partial charge in [0.25, 0.3) is 0 Å². The van der Waals surface area contributed by atoms with Crippen LogP contribution in [0.4, 0.5) is 5.69 Å². The number of nitrogens with zero attached hydrogens (tertiary/aromatic N) is 1. The van der Waals surface area contributed by atoms with E-state index in [1.165, 1.54) is 5.56 Å². The molecule has 3 heteroatoms.